The molecule has 0 bridgehead atoms. The van der Waals surface area contributed by atoms with E-state index in [1.807, 2.05) is 27.8 Å². The Balaban J connectivity index is 4.11. The van der Waals surface area contributed by atoms with Crippen LogP contribution in [0.15, 0.2) is 0 Å². The van der Waals surface area contributed by atoms with Crippen LogP contribution in [0.4, 0.5) is 0 Å². The van der Waals surface area contributed by atoms with Crippen molar-refractivity contribution in [1.82, 2.24) is 10.6 Å². The molecule has 1 amide bonds. The molecule has 0 saturated heterocycles. The van der Waals surface area contributed by atoms with E-state index in [0.717, 1.165) is 13.0 Å². The Hall–Kier alpha value is -0.900. The molecular weight excluding hydrogens is 216 g/mol. The van der Waals surface area contributed by atoms with Crippen molar-refractivity contribution in [3.63, 3.8) is 0 Å². The highest BCUT2D eigenvalue weighted by atomic mass is 16.2. The Bertz CT molecular complexity index is 262. The molecule has 1 unspecified atom stereocenters. The van der Waals surface area contributed by atoms with Crippen LogP contribution in [-0.2, 0) is 9.59 Å². The molecule has 0 heterocycles. The summed E-state index contributed by atoms with van der Waals surface area (Å²) in [5.74, 6) is 0.107. The molecule has 0 radical (unpaired) electrons. The third-order valence-electron chi connectivity index (χ3n) is 3.01. The lowest BCUT2D eigenvalue weighted by Crippen LogP contribution is -2.39. The van der Waals surface area contributed by atoms with E-state index < -0.39 is 5.41 Å². The minimum absolute atomic E-state index is 0.0294. The number of nitrogens with one attached hydrogen (secondary N) is 2. The molecular formula is C13H26N2O2. The van der Waals surface area contributed by atoms with E-state index in [9.17, 15) is 9.59 Å². The quantitative estimate of drug-likeness (QED) is 0.632. The zero-order valence-electron chi connectivity index (χ0n) is 11.7. The fraction of sp³-hybridized carbons (Fsp3) is 0.846. The molecule has 0 aliphatic rings. The van der Waals surface area contributed by atoms with Gasteiger partial charge in [0.2, 0.25) is 5.91 Å². The highest BCUT2D eigenvalue weighted by molar-refractivity contribution is 5.83. The number of hydrogen-bond acceptors (Lipinski definition) is 3. The maximum Gasteiger partial charge on any atom is 0.225 e. The first-order chi connectivity index (χ1) is 7.81. The minimum atomic E-state index is -0.481. The fourth-order valence-corrected chi connectivity index (χ4v) is 1.71. The lowest BCUT2D eigenvalue weighted by Gasteiger charge is -2.26. The molecule has 0 aromatic rings. The molecule has 0 saturated carbocycles. The molecule has 2 N–H and O–H groups in total. The molecule has 17 heavy (non-hydrogen) atoms. The number of carbonyl (C=O) groups excluding carboxylic acids is 2. The summed E-state index contributed by atoms with van der Waals surface area (Å²) in [5, 5.41) is 5.94. The van der Waals surface area contributed by atoms with Crippen molar-refractivity contribution in [2.75, 3.05) is 20.1 Å². The maximum atomic E-state index is 11.9. The second-order valence-corrected chi connectivity index (χ2v) is 5.31. The smallest absolute Gasteiger partial charge is 0.225 e. The second kappa shape index (κ2) is 7.43. The van der Waals surface area contributed by atoms with Crippen molar-refractivity contribution in [3.05, 3.63) is 0 Å². The molecule has 4 nitrogen and oxygen atoms in total. The molecule has 0 aliphatic carbocycles. The van der Waals surface area contributed by atoms with Gasteiger partial charge in [-0.2, -0.15) is 0 Å². The standard InChI is InChI=1S/C13H26N2O2/c1-10(11(2)16)9-13(3,4)12(17)15-8-6-7-14-5/h10,14H,6-9H2,1-5H3,(H,15,17). The number of rotatable bonds is 8. The largest absolute Gasteiger partial charge is 0.356 e. The van der Waals surface area contributed by atoms with Crippen LogP contribution in [-0.4, -0.2) is 31.8 Å². The van der Waals surface area contributed by atoms with Crippen LogP contribution in [0, 0.1) is 11.3 Å². The first kappa shape index (κ1) is 16.1. The Morgan fingerprint density at radius 3 is 2.29 bits per heavy atom. The normalized spacial score (nSPS) is 13.2. The topological polar surface area (TPSA) is 58.2 Å². The molecule has 0 aromatic carbocycles. The highest BCUT2D eigenvalue weighted by Crippen LogP contribution is 2.26. The van der Waals surface area contributed by atoms with E-state index in [0.29, 0.717) is 13.0 Å². The van der Waals surface area contributed by atoms with Gasteiger partial charge in [-0.05, 0) is 33.4 Å². The number of ketones is 1. The highest BCUT2D eigenvalue weighted by Gasteiger charge is 2.30. The van der Waals surface area contributed by atoms with Crippen molar-refractivity contribution < 1.29 is 9.59 Å². The Labute approximate surface area is 105 Å². The van der Waals surface area contributed by atoms with Gasteiger partial charge >= 0.3 is 0 Å². The zero-order valence-corrected chi connectivity index (χ0v) is 11.7. The maximum absolute atomic E-state index is 11.9. The monoisotopic (exact) mass is 242 g/mol. The predicted octanol–water partition coefficient (Wildman–Crippen LogP) is 1.35. The zero-order chi connectivity index (χ0) is 13.5. The van der Waals surface area contributed by atoms with Gasteiger partial charge < -0.3 is 10.6 Å². The molecule has 4 heteroatoms. The molecule has 100 valence electrons. The first-order valence-corrected chi connectivity index (χ1v) is 6.24. The van der Waals surface area contributed by atoms with Crippen LogP contribution >= 0.6 is 0 Å². The third-order valence-corrected chi connectivity index (χ3v) is 3.01. The number of carbonyl (C=O) groups is 2. The van der Waals surface area contributed by atoms with Gasteiger partial charge in [-0.3, -0.25) is 9.59 Å². The average molecular weight is 242 g/mol. The van der Waals surface area contributed by atoms with E-state index in [1.165, 1.54) is 0 Å². The van der Waals surface area contributed by atoms with Crippen LogP contribution in [0.5, 0.6) is 0 Å². The summed E-state index contributed by atoms with van der Waals surface area (Å²) in [6, 6.07) is 0. The van der Waals surface area contributed by atoms with Crippen LogP contribution in [0.3, 0.4) is 0 Å². The van der Waals surface area contributed by atoms with Gasteiger partial charge in [-0.25, -0.2) is 0 Å². The third kappa shape index (κ3) is 6.41. The Morgan fingerprint density at radius 1 is 1.24 bits per heavy atom. The van der Waals surface area contributed by atoms with Crippen molar-refractivity contribution in [2.45, 2.75) is 40.5 Å². The molecule has 0 aromatic heterocycles. The molecule has 0 fully saturated rings. The second-order valence-electron chi connectivity index (χ2n) is 5.31. The van der Waals surface area contributed by atoms with Gasteiger partial charge in [0.05, 0.1) is 0 Å². The first-order valence-electron chi connectivity index (χ1n) is 6.24. The molecule has 1 atom stereocenters. The Kier molecular flexibility index (Phi) is 7.04. The average Bonchev–Trinajstić information content (AvgIpc) is 2.23. The van der Waals surface area contributed by atoms with E-state index >= 15 is 0 Å². The van der Waals surface area contributed by atoms with E-state index in [1.54, 1.807) is 6.92 Å². The summed E-state index contributed by atoms with van der Waals surface area (Å²) in [6.07, 6.45) is 1.51. The Morgan fingerprint density at radius 2 is 1.82 bits per heavy atom. The van der Waals surface area contributed by atoms with E-state index in [4.69, 9.17) is 0 Å². The summed E-state index contributed by atoms with van der Waals surface area (Å²) < 4.78 is 0. The van der Waals surface area contributed by atoms with Crippen molar-refractivity contribution in [1.29, 1.82) is 0 Å². The van der Waals surface area contributed by atoms with Crippen LogP contribution in [0.25, 0.3) is 0 Å². The number of Topliss-reactive ketones (excluding diaryl/α,β-unsaturated/α-hetero) is 1. The van der Waals surface area contributed by atoms with Gasteiger partial charge in [0.1, 0.15) is 5.78 Å². The fourth-order valence-electron chi connectivity index (χ4n) is 1.71. The van der Waals surface area contributed by atoms with Crippen LogP contribution in [0.1, 0.15) is 40.5 Å². The van der Waals surface area contributed by atoms with Gasteiger partial charge in [0.15, 0.2) is 0 Å². The van der Waals surface area contributed by atoms with E-state index in [2.05, 4.69) is 10.6 Å². The lowest BCUT2D eigenvalue weighted by molar-refractivity contribution is -0.131. The number of amides is 1. The van der Waals surface area contributed by atoms with Crippen molar-refractivity contribution >= 4 is 11.7 Å². The molecule has 0 rings (SSSR count). The summed E-state index contributed by atoms with van der Waals surface area (Å²) in [6.45, 7) is 8.80. The van der Waals surface area contributed by atoms with Gasteiger partial charge in [-0.15, -0.1) is 0 Å². The molecule has 0 spiro atoms. The number of hydrogen-bond donors (Lipinski definition) is 2. The predicted molar refractivity (Wildman–Crippen MR) is 69.8 cm³/mol. The van der Waals surface area contributed by atoms with Gasteiger partial charge in [0, 0.05) is 17.9 Å². The lowest BCUT2D eigenvalue weighted by atomic mass is 9.81. The SMILES string of the molecule is CNCCCNC(=O)C(C)(C)CC(C)C(C)=O. The van der Waals surface area contributed by atoms with E-state index in [-0.39, 0.29) is 17.6 Å². The van der Waals surface area contributed by atoms with Crippen molar-refractivity contribution in [3.8, 4) is 0 Å². The summed E-state index contributed by atoms with van der Waals surface area (Å²) >= 11 is 0. The summed E-state index contributed by atoms with van der Waals surface area (Å²) in [7, 11) is 1.89. The molecule has 0 aliphatic heterocycles. The van der Waals surface area contributed by atoms with Crippen molar-refractivity contribution in [2.24, 2.45) is 11.3 Å². The summed E-state index contributed by atoms with van der Waals surface area (Å²) in [5.41, 5.74) is -0.481. The van der Waals surface area contributed by atoms with Crippen LogP contribution < -0.4 is 10.6 Å². The van der Waals surface area contributed by atoms with Gasteiger partial charge in [-0.1, -0.05) is 20.8 Å². The minimum Gasteiger partial charge on any atom is -0.356 e. The van der Waals surface area contributed by atoms with Crippen LogP contribution in [0.2, 0.25) is 0 Å². The van der Waals surface area contributed by atoms with Gasteiger partial charge in [0.25, 0.3) is 0 Å². The summed E-state index contributed by atoms with van der Waals surface area (Å²) in [4.78, 5) is 23.1.